The highest BCUT2D eigenvalue weighted by atomic mass is 16.6. The van der Waals surface area contributed by atoms with Crippen molar-refractivity contribution in [2.45, 2.75) is 0 Å². The number of nitro groups is 2. The number of benzene rings is 3. The number of fused-ring (bicyclic) bond motifs is 1. The summed E-state index contributed by atoms with van der Waals surface area (Å²) in [5.41, 5.74) is 0.211. The van der Waals surface area contributed by atoms with Gasteiger partial charge in [-0.1, -0.05) is 30.3 Å². The molecule has 4 aromatic rings. The van der Waals surface area contributed by atoms with Gasteiger partial charge in [-0.3, -0.25) is 20.2 Å². The normalized spacial score (nSPS) is 10.7. The maximum atomic E-state index is 12.0. The van der Waals surface area contributed by atoms with Crippen LogP contribution in [0.3, 0.4) is 0 Å². The predicted molar refractivity (Wildman–Crippen MR) is 108 cm³/mol. The molecule has 0 aliphatic carbocycles. The van der Waals surface area contributed by atoms with Crippen LogP contribution >= 0.6 is 0 Å². The molecule has 9 heteroatoms. The van der Waals surface area contributed by atoms with Crippen LogP contribution in [-0.4, -0.2) is 9.85 Å². The topological polar surface area (TPSA) is 126 Å². The molecule has 3 aromatic carbocycles. The third-order valence-electron chi connectivity index (χ3n) is 4.38. The molecule has 148 valence electrons. The monoisotopic (exact) mass is 404 g/mol. The lowest BCUT2D eigenvalue weighted by atomic mass is 10.0. The lowest BCUT2D eigenvalue weighted by Gasteiger charge is -2.09. The highest BCUT2D eigenvalue weighted by Crippen LogP contribution is 2.36. The van der Waals surface area contributed by atoms with Crippen molar-refractivity contribution in [3.63, 3.8) is 0 Å². The van der Waals surface area contributed by atoms with Gasteiger partial charge in [0, 0.05) is 23.6 Å². The summed E-state index contributed by atoms with van der Waals surface area (Å²) < 4.78 is 10.8. The molecular formula is C21H12N2O7. The predicted octanol–water partition coefficient (Wildman–Crippen LogP) is 5.07. The van der Waals surface area contributed by atoms with E-state index < -0.39 is 26.8 Å². The van der Waals surface area contributed by atoms with Crippen LogP contribution in [0, 0.1) is 20.2 Å². The first-order chi connectivity index (χ1) is 14.4. The number of nitro benzene ring substituents is 2. The van der Waals surface area contributed by atoms with Crippen molar-refractivity contribution in [2.75, 3.05) is 0 Å². The zero-order chi connectivity index (χ0) is 21.3. The van der Waals surface area contributed by atoms with E-state index in [0.29, 0.717) is 10.9 Å². The molecule has 0 aliphatic heterocycles. The maximum Gasteiger partial charge on any atom is 0.336 e. The Morgan fingerprint density at radius 2 is 1.60 bits per heavy atom. The Bertz CT molecular complexity index is 1350. The standard InChI is InChI=1S/C21H12N2O7/c24-21-12-17(13-4-2-1-3-5-13)16-8-7-15(11-20(16)30-21)29-19-9-6-14(22(25)26)10-18(19)23(27)28/h1-12H. The second kappa shape index (κ2) is 7.47. The first-order valence-corrected chi connectivity index (χ1v) is 8.66. The van der Waals surface area contributed by atoms with Gasteiger partial charge >= 0.3 is 11.3 Å². The summed E-state index contributed by atoms with van der Waals surface area (Å²) in [6.07, 6.45) is 0. The van der Waals surface area contributed by atoms with Crippen molar-refractivity contribution in [2.24, 2.45) is 0 Å². The van der Waals surface area contributed by atoms with E-state index in [1.165, 1.54) is 12.1 Å². The van der Waals surface area contributed by atoms with Crippen LogP contribution in [0.2, 0.25) is 0 Å². The molecule has 1 aromatic heterocycles. The molecule has 0 unspecified atom stereocenters. The largest absolute Gasteiger partial charge is 0.450 e. The molecule has 0 atom stereocenters. The average Bonchev–Trinajstić information content (AvgIpc) is 2.73. The van der Waals surface area contributed by atoms with Crippen molar-refractivity contribution in [1.82, 2.24) is 0 Å². The molecule has 0 bridgehead atoms. The summed E-state index contributed by atoms with van der Waals surface area (Å²) in [6, 6.07) is 18.4. The van der Waals surface area contributed by atoms with Gasteiger partial charge in [0.2, 0.25) is 5.75 Å². The summed E-state index contributed by atoms with van der Waals surface area (Å²) in [6.45, 7) is 0. The summed E-state index contributed by atoms with van der Waals surface area (Å²) in [5.74, 6) is -0.000624. The van der Waals surface area contributed by atoms with Crippen LogP contribution < -0.4 is 10.4 Å². The maximum absolute atomic E-state index is 12.0. The fourth-order valence-electron chi connectivity index (χ4n) is 3.04. The average molecular weight is 404 g/mol. The number of non-ortho nitro benzene ring substituents is 1. The number of hydrogen-bond acceptors (Lipinski definition) is 7. The zero-order valence-corrected chi connectivity index (χ0v) is 15.2. The van der Waals surface area contributed by atoms with E-state index in [4.69, 9.17) is 9.15 Å². The Labute approximate surface area is 168 Å². The van der Waals surface area contributed by atoms with E-state index in [9.17, 15) is 25.0 Å². The third-order valence-corrected chi connectivity index (χ3v) is 4.38. The number of ether oxygens (including phenoxy) is 1. The SMILES string of the molecule is O=c1cc(-c2ccccc2)c2ccc(Oc3ccc([N+](=O)[O-])cc3[N+](=O)[O-])cc2o1. The lowest BCUT2D eigenvalue weighted by molar-refractivity contribution is -0.394. The fourth-order valence-corrected chi connectivity index (χ4v) is 3.04. The van der Waals surface area contributed by atoms with Crippen molar-refractivity contribution >= 4 is 22.3 Å². The molecule has 0 spiro atoms. The first kappa shape index (κ1) is 18.8. The van der Waals surface area contributed by atoms with Gasteiger partial charge in [0.25, 0.3) is 5.69 Å². The van der Waals surface area contributed by atoms with E-state index in [-0.39, 0.29) is 17.1 Å². The minimum atomic E-state index is -0.767. The molecule has 0 saturated carbocycles. The zero-order valence-electron chi connectivity index (χ0n) is 15.2. The van der Waals surface area contributed by atoms with Gasteiger partial charge in [-0.05, 0) is 29.3 Å². The number of nitrogens with zero attached hydrogens (tertiary/aromatic N) is 2. The molecule has 4 rings (SSSR count). The molecule has 0 aliphatic rings. The minimum Gasteiger partial charge on any atom is -0.450 e. The van der Waals surface area contributed by atoms with E-state index in [1.54, 1.807) is 12.1 Å². The van der Waals surface area contributed by atoms with E-state index in [0.717, 1.165) is 23.8 Å². The lowest BCUT2D eigenvalue weighted by Crippen LogP contribution is -1.99. The Morgan fingerprint density at radius 3 is 2.30 bits per heavy atom. The number of hydrogen-bond donors (Lipinski definition) is 0. The van der Waals surface area contributed by atoms with Crippen LogP contribution in [0.25, 0.3) is 22.1 Å². The molecule has 0 amide bonds. The molecule has 9 nitrogen and oxygen atoms in total. The quantitative estimate of drug-likeness (QED) is 0.258. The molecule has 0 fully saturated rings. The van der Waals surface area contributed by atoms with Crippen LogP contribution in [0.15, 0.2) is 82.0 Å². The molecule has 0 saturated heterocycles. The number of rotatable bonds is 5. The Kier molecular flexibility index (Phi) is 4.69. The second-order valence-corrected chi connectivity index (χ2v) is 6.27. The molecular weight excluding hydrogens is 392 g/mol. The van der Waals surface area contributed by atoms with E-state index in [2.05, 4.69) is 0 Å². The van der Waals surface area contributed by atoms with Crippen molar-refractivity contribution in [3.05, 3.63) is 103 Å². The van der Waals surface area contributed by atoms with Gasteiger partial charge in [0.05, 0.1) is 15.9 Å². The second-order valence-electron chi connectivity index (χ2n) is 6.27. The van der Waals surface area contributed by atoms with E-state index in [1.807, 2.05) is 30.3 Å². The first-order valence-electron chi connectivity index (χ1n) is 8.66. The molecule has 0 radical (unpaired) electrons. The van der Waals surface area contributed by atoms with Gasteiger partial charge in [0.15, 0.2) is 0 Å². The van der Waals surface area contributed by atoms with Crippen molar-refractivity contribution in [1.29, 1.82) is 0 Å². The smallest absolute Gasteiger partial charge is 0.336 e. The summed E-state index contributed by atoms with van der Waals surface area (Å²) in [5, 5.41) is 22.8. The van der Waals surface area contributed by atoms with Gasteiger partial charge < -0.3 is 9.15 Å². The van der Waals surface area contributed by atoms with Crippen molar-refractivity contribution < 1.29 is 19.0 Å². The van der Waals surface area contributed by atoms with Crippen LogP contribution in [0.4, 0.5) is 11.4 Å². The molecule has 0 N–H and O–H groups in total. The van der Waals surface area contributed by atoms with Crippen LogP contribution in [0.1, 0.15) is 0 Å². The van der Waals surface area contributed by atoms with Gasteiger partial charge in [-0.15, -0.1) is 0 Å². The summed E-state index contributed by atoms with van der Waals surface area (Å²) >= 11 is 0. The third kappa shape index (κ3) is 3.59. The minimum absolute atomic E-state index is 0.174. The van der Waals surface area contributed by atoms with Gasteiger partial charge in [0.1, 0.15) is 11.3 Å². The van der Waals surface area contributed by atoms with E-state index >= 15 is 0 Å². The summed E-state index contributed by atoms with van der Waals surface area (Å²) in [7, 11) is 0. The Balaban J connectivity index is 1.78. The van der Waals surface area contributed by atoms with Crippen LogP contribution in [-0.2, 0) is 0 Å². The molecule has 30 heavy (non-hydrogen) atoms. The fraction of sp³-hybridized carbons (Fsp3) is 0. The van der Waals surface area contributed by atoms with Crippen molar-refractivity contribution in [3.8, 4) is 22.6 Å². The Hall–Kier alpha value is -4.53. The van der Waals surface area contributed by atoms with Gasteiger partial charge in [-0.2, -0.15) is 0 Å². The highest BCUT2D eigenvalue weighted by molar-refractivity contribution is 5.93. The summed E-state index contributed by atoms with van der Waals surface area (Å²) in [4.78, 5) is 32.7. The molecule has 1 heterocycles. The van der Waals surface area contributed by atoms with Crippen LogP contribution in [0.5, 0.6) is 11.5 Å². The highest BCUT2D eigenvalue weighted by Gasteiger charge is 2.21. The Morgan fingerprint density at radius 1 is 0.833 bits per heavy atom. The van der Waals surface area contributed by atoms with Gasteiger partial charge in [-0.25, -0.2) is 4.79 Å².